The second-order valence-electron chi connectivity index (χ2n) is 16.4. The molecule has 2 N–H and O–H groups in total. The Balaban J connectivity index is 4.42. The van der Waals surface area contributed by atoms with Crippen molar-refractivity contribution < 1.29 is 32.9 Å². The fourth-order valence-electron chi connectivity index (χ4n) is 6.45. The lowest BCUT2D eigenvalue weighted by molar-refractivity contribution is -0.870. The monoisotopic (exact) mass is 759 g/mol. The number of allylic oxidation sites excluding steroid dienone is 1. The molecule has 0 aliphatic rings. The highest BCUT2D eigenvalue weighted by atomic mass is 31.2. The lowest BCUT2D eigenvalue weighted by atomic mass is 10.0. The predicted octanol–water partition coefficient (Wildman–Crippen LogP) is 11.3. The Bertz CT molecular complexity index is 865. The van der Waals surface area contributed by atoms with E-state index in [1.54, 1.807) is 6.08 Å². The van der Waals surface area contributed by atoms with Gasteiger partial charge in [-0.05, 0) is 19.3 Å². The van der Waals surface area contributed by atoms with Crippen molar-refractivity contribution >= 4 is 13.7 Å². The molecule has 0 spiro atoms. The molecule has 0 radical (unpaired) electrons. The number of aliphatic hydroxyl groups is 1. The second kappa shape index (κ2) is 35.9. The van der Waals surface area contributed by atoms with Gasteiger partial charge in [0.2, 0.25) is 5.91 Å². The molecule has 1 amide bonds. The fourth-order valence-corrected chi connectivity index (χ4v) is 7.17. The number of rotatable bonds is 40. The van der Waals surface area contributed by atoms with Gasteiger partial charge in [0.15, 0.2) is 0 Å². The average Bonchev–Trinajstić information content (AvgIpc) is 3.09. The van der Waals surface area contributed by atoms with Crippen LogP contribution in [0.25, 0.3) is 0 Å². The van der Waals surface area contributed by atoms with E-state index < -0.39 is 20.0 Å². The minimum absolute atomic E-state index is 0.00206. The summed E-state index contributed by atoms with van der Waals surface area (Å²) in [5.74, 6) is -0.195. The van der Waals surface area contributed by atoms with Gasteiger partial charge in [0.25, 0.3) is 7.82 Å². The first-order chi connectivity index (χ1) is 25.0. The molecule has 8 nitrogen and oxygen atoms in total. The van der Waals surface area contributed by atoms with Crippen LogP contribution in [-0.2, 0) is 18.4 Å². The normalized spacial score (nSPS) is 14.5. The molecule has 52 heavy (non-hydrogen) atoms. The maximum atomic E-state index is 12.8. The van der Waals surface area contributed by atoms with Gasteiger partial charge in [0, 0.05) is 6.42 Å². The first kappa shape index (κ1) is 51.2. The molecule has 0 heterocycles. The van der Waals surface area contributed by atoms with Crippen LogP contribution in [0.1, 0.15) is 206 Å². The Morgan fingerprint density at radius 2 is 1.04 bits per heavy atom. The SMILES string of the molecule is CCCCCCCCCCCCCCC/C=C/[C@@H](O)[C@H](COP(=O)([O-])OCC[N+](C)(C)C)NC(=O)CCCCCCCCCCCCCCCCC. The highest BCUT2D eigenvalue weighted by Gasteiger charge is 2.23. The number of phosphoric ester groups is 1. The summed E-state index contributed by atoms with van der Waals surface area (Å²) in [7, 11) is 1.27. The van der Waals surface area contributed by atoms with Gasteiger partial charge in [-0.1, -0.05) is 193 Å². The molecule has 0 saturated carbocycles. The summed E-state index contributed by atoms with van der Waals surface area (Å²) < 4.78 is 23.2. The zero-order valence-corrected chi connectivity index (χ0v) is 35.9. The molecule has 3 atom stereocenters. The summed E-state index contributed by atoms with van der Waals surface area (Å²) in [6.45, 7) is 4.65. The molecule has 0 fully saturated rings. The number of nitrogens with one attached hydrogen (secondary N) is 1. The summed E-state index contributed by atoms with van der Waals surface area (Å²) in [5.41, 5.74) is 0. The number of phosphoric acid groups is 1. The Morgan fingerprint density at radius 1 is 0.654 bits per heavy atom. The van der Waals surface area contributed by atoms with Gasteiger partial charge in [-0.2, -0.15) is 0 Å². The third-order valence-electron chi connectivity index (χ3n) is 10.00. The van der Waals surface area contributed by atoms with Gasteiger partial charge >= 0.3 is 0 Å². The Hall–Kier alpha value is -0.760. The number of unbranched alkanes of at least 4 members (excludes halogenated alkanes) is 27. The lowest BCUT2D eigenvalue weighted by Crippen LogP contribution is -2.45. The topological polar surface area (TPSA) is 108 Å². The van der Waals surface area contributed by atoms with Crippen LogP contribution in [0.5, 0.6) is 0 Å². The smallest absolute Gasteiger partial charge is 0.268 e. The molecule has 0 aromatic rings. The van der Waals surface area contributed by atoms with Crippen molar-refractivity contribution in [2.24, 2.45) is 0 Å². The quantitative estimate of drug-likeness (QED) is 0.0279. The van der Waals surface area contributed by atoms with Gasteiger partial charge in [-0.3, -0.25) is 9.36 Å². The molecule has 0 saturated heterocycles. The van der Waals surface area contributed by atoms with E-state index in [4.69, 9.17) is 9.05 Å². The van der Waals surface area contributed by atoms with Gasteiger partial charge < -0.3 is 28.8 Å². The third-order valence-corrected chi connectivity index (χ3v) is 11.0. The number of amides is 1. The minimum Gasteiger partial charge on any atom is -0.756 e. The van der Waals surface area contributed by atoms with Crippen molar-refractivity contribution in [2.45, 2.75) is 219 Å². The van der Waals surface area contributed by atoms with E-state index in [1.807, 2.05) is 27.2 Å². The minimum atomic E-state index is -4.58. The maximum Gasteiger partial charge on any atom is 0.268 e. The molecular weight excluding hydrogens is 671 g/mol. The van der Waals surface area contributed by atoms with Crippen LogP contribution in [0, 0.1) is 0 Å². The third kappa shape index (κ3) is 37.6. The van der Waals surface area contributed by atoms with Crippen molar-refractivity contribution in [3.63, 3.8) is 0 Å². The summed E-state index contributed by atoms with van der Waals surface area (Å²) in [6.07, 6.45) is 39.6. The number of aliphatic hydroxyl groups excluding tert-OH is 1. The Morgan fingerprint density at radius 3 is 1.44 bits per heavy atom. The molecule has 0 aromatic carbocycles. The van der Waals surface area contributed by atoms with Crippen LogP contribution in [0.4, 0.5) is 0 Å². The van der Waals surface area contributed by atoms with Crippen LogP contribution in [0.3, 0.4) is 0 Å². The van der Waals surface area contributed by atoms with E-state index in [2.05, 4.69) is 19.2 Å². The number of quaternary nitrogens is 1. The number of hydrogen-bond donors (Lipinski definition) is 2. The average molecular weight is 759 g/mol. The number of carbonyl (C=O) groups excluding carboxylic acids is 1. The summed E-state index contributed by atoms with van der Waals surface area (Å²) in [5, 5.41) is 13.8. The van der Waals surface area contributed by atoms with Crippen molar-refractivity contribution in [1.82, 2.24) is 5.32 Å². The molecule has 0 aromatic heterocycles. The Kier molecular flexibility index (Phi) is 35.4. The van der Waals surface area contributed by atoms with E-state index in [9.17, 15) is 19.4 Å². The van der Waals surface area contributed by atoms with E-state index in [1.165, 1.54) is 148 Å². The van der Waals surface area contributed by atoms with E-state index in [0.29, 0.717) is 17.4 Å². The number of hydrogen-bond acceptors (Lipinski definition) is 6. The van der Waals surface area contributed by atoms with Crippen LogP contribution < -0.4 is 10.2 Å². The zero-order valence-electron chi connectivity index (χ0n) is 35.0. The first-order valence-corrected chi connectivity index (χ1v) is 23.5. The second-order valence-corrected chi connectivity index (χ2v) is 17.8. The molecule has 9 heteroatoms. The molecule has 0 aliphatic carbocycles. The van der Waals surface area contributed by atoms with Crippen LogP contribution in [0.15, 0.2) is 12.2 Å². The highest BCUT2D eigenvalue weighted by Crippen LogP contribution is 2.38. The number of likely N-dealkylation sites (N-methyl/N-ethyl adjacent to an activating group) is 1. The van der Waals surface area contributed by atoms with Gasteiger partial charge in [0.05, 0.1) is 39.9 Å². The van der Waals surface area contributed by atoms with E-state index in [-0.39, 0.29) is 19.1 Å². The molecule has 0 bridgehead atoms. The summed E-state index contributed by atoms with van der Waals surface area (Å²) >= 11 is 0. The molecule has 0 aliphatic heterocycles. The van der Waals surface area contributed by atoms with Crippen molar-refractivity contribution in [1.29, 1.82) is 0 Å². The maximum absolute atomic E-state index is 12.8. The summed E-state index contributed by atoms with van der Waals surface area (Å²) in [4.78, 5) is 25.3. The van der Waals surface area contributed by atoms with Gasteiger partial charge in [-0.25, -0.2) is 0 Å². The molecule has 310 valence electrons. The molecule has 0 rings (SSSR count). The molecular formula is C43H87N2O6P. The lowest BCUT2D eigenvalue weighted by Gasteiger charge is -2.29. The van der Waals surface area contributed by atoms with Gasteiger partial charge in [-0.15, -0.1) is 0 Å². The fraction of sp³-hybridized carbons (Fsp3) is 0.930. The predicted molar refractivity (Wildman–Crippen MR) is 219 cm³/mol. The van der Waals surface area contributed by atoms with Crippen molar-refractivity contribution in [3.8, 4) is 0 Å². The van der Waals surface area contributed by atoms with Crippen LogP contribution in [-0.4, -0.2) is 68.5 Å². The number of carbonyl (C=O) groups is 1. The first-order valence-electron chi connectivity index (χ1n) is 22.1. The van der Waals surface area contributed by atoms with Crippen molar-refractivity contribution in [2.75, 3.05) is 40.9 Å². The Labute approximate surface area is 322 Å². The molecule has 1 unspecified atom stereocenters. The standard InChI is InChI=1S/C43H87N2O6P/c1-6-8-10-12-14-16-18-20-22-24-26-28-30-32-34-36-42(46)41(40-51-52(48,49)50-39-38-45(3,4)5)44-43(47)37-35-33-31-29-27-25-23-21-19-17-15-13-11-9-7-2/h34,36,41-42,46H,6-33,35,37-40H2,1-5H3,(H-,44,47,48,49)/b36-34+/t41-,42+/m0/s1. The largest absolute Gasteiger partial charge is 0.756 e. The van der Waals surface area contributed by atoms with Gasteiger partial charge in [0.1, 0.15) is 13.2 Å². The number of nitrogens with zero attached hydrogens (tertiary/aromatic N) is 1. The van der Waals surface area contributed by atoms with E-state index in [0.717, 1.165) is 38.5 Å². The highest BCUT2D eigenvalue weighted by molar-refractivity contribution is 7.45. The van der Waals surface area contributed by atoms with Crippen LogP contribution in [0.2, 0.25) is 0 Å². The summed E-state index contributed by atoms with van der Waals surface area (Å²) in [6, 6.07) is -0.879. The van der Waals surface area contributed by atoms with E-state index >= 15 is 0 Å². The van der Waals surface area contributed by atoms with Crippen LogP contribution >= 0.6 is 7.82 Å². The van der Waals surface area contributed by atoms with Crippen molar-refractivity contribution in [3.05, 3.63) is 12.2 Å². The zero-order chi connectivity index (χ0) is 38.6.